The number of anilines is 1. The number of H-pyrrole nitrogens is 1. The first-order valence-corrected chi connectivity index (χ1v) is 5.70. The standard InChI is InChI=1S/C11H9ClN6/c12-11-17-9-8(1-2-15-9)10(18-11)16-6-7-5-13-3-4-14-7/h1-5H,6H2,(H2,15,16,17,18). The van der Waals surface area contributed by atoms with Crippen LogP contribution in [0.5, 0.6) is 0 Å². The van der Waals surface area contributed by atoms with Gasteiger partial charge in [0.2, 0.25) is 5.28 Å². The Morgan fingerprint density at radius 1 is 1.28 bits per heavy atom. The van der Waals surface area contributed by atoms with Crippen LogP contribution in [-0.2, 0) is 6.54 Å². The Morgan fingerprint density at radius 2 is 2.22 bits per heavy atom. The normalized spacial score (nSPS) is 10.7. The number of fused-ring (bicyclic) bond motifs is 1. The fourth-order valence-electron chi connectivity index (χ4n) is 1.64. The molecule has 0 saturated carbocycles. The summed E-state index contributed by atoms with van der Waals surface area (Å²) in [6.45, 7) is 0.529. The first-order valence-electron chi connectivity index (χ1n) is 5.32. The smallest absolute Gasteiger partial charge is 0.226 e. The number of nitrogens with zero attached hydrogens (tertiary/aromatic N) is 4. The highest BCUT2D eigenvalue weighted by atomic mass is 35.5. The van der Waals surface area contributed by atoms with E-state index in [1.807, 2.05) is 6.07 Å². The molecule has 90 valence electrons. The van der Waals surface area contributed by atoms with Crippen LogP contribution in [-0.4, -0.2) is 24.9 Å². The van der Waals surface area contributed by atoms with Crippen molar-refractivity contribution in [2.45, 2.75) is 6.54 Å². The Bertz CT molecular complexity index is 666. The summed E-state index contributed by atoms with van der Waals surface area (Å²) in [7, 11) is 0. The molecule has 0 fully saturated rings. The summed E-state index contributed by atoms with van der Waals surface area (Å²) >= 11 is 5.85. The summed E-state index contributed by atoms with van der Waals surface area (Å²) in [6.07, 6.45) is 6.78. The Labute approximate surface area is 107 Å². The van der Waals surface area contributed by atoms with Crippen molar-refractivity contribution in [3.05, 3.63) is 41.8 Å². The number of nitrogens with one attached hydrogen (secondary N) is 2. The third-order valence-electron chi connectivity index (χ3n) is 2.44. The minimum Gasteiger partial charge on any atom is -0.364 e. The van der Waals surface area contributed by atoms with Crippen LogP contribution in [0.25, 0.3) is 11.0 Å². The van der Waals surface area contributed by atoms with Crippen molar-refractivity contribution in [2.24, 2.45) is 0 Å². The summed E-state index contributed by atoms with van der Waals surface area (Å²) in [5.41, 5.74) is 1.53. The van der Waals surface area contributed by atoms with E-state index in [0.717, 1.165) is 11.1 Å². The van der Waals surface area contributed by atoms with E-state index in [1.54, 1.807) is 24.8 Å². The molecule has 0 saturated heterocycles. The summed E-state index contributed by atoms with van der Waals surface area (Å²) in [6, 6.07) is 1.89. The molecule has 2 N–H and O–H groups in total. The van der Waals surface area contributed by atoms with Crippen molar-refractivity contribution in [2.75, 3.05) is 5.32 Å². The average molecular weight is 261 g/mol. The maximum atomic E-state index is 5.85. The van der Waals surface area contributed by atoms with Gasteiger partial charge in [0.25, 0.3) is 0 Å². The number of rotatable bonds is 3. The Hall–Kier alpha value is -2.21. The largest absolute Gasteiger partial charge is 0.364 e. The zero-order chi connectivity index (χ0) is 12.4. The van der Waals surface area contributed by atoms with Crippen LogP contribution in [0.1, 0.15) is 5.69 Å². The van der Waals surface area contributed by atoms with Crippen LogP contribution in [0.2, 0.25) is 5.28 Å². The average Bonchev–Trinajstić information content (AvgIpc) is 2.85. The lowest BCUT2D eigenvalue weighted by atomic mass is 10.3. The number of hydrogen-bond acceptors (Lipinski definition) is 5. The quantitative estimate of drug-likeness (QED) is 0.704. The lowest BCUT2D eigenvalue weighted by Gasteiger charge is -2.06. The monoisotopic (exact) mass is 260 g/mol. The van der Waals surface area contributed by atoms with E-state index in [4.69, 9.17) is 11.6 Å². The third-order valence-corrected chi connectivity index (χ3v) is 2.61. The van der Waals surface area contributed by atoms with Gasteiger partial charge >= 0.3 is 0 Å². The van der Waals surface area contributed by atoms with Crippen molar-refractivity contribution in [3.8, 4) is 0 Å². The molecule has 3 aromatic rings. The SMILES string of the molecule is Clc1nc(NCc2cnccn2)c2cc[nH]c2n1. The van der Waals surface area contributed by atoms with E-state index < -0.39 is 0 Å². The lowest BCUT2D eigenvalue weighted by Crippen LogP contribution is -2.04. The molecule has 0 aromatic carbocycles. The van der Waals surface area contributed by atoms with E-state index in [9.17, 15) is 0 Å². The van der Waals surface area contributed by atoms with E-state index in [1.165, 1.54) is 0 Å². The highest BCUT2D eigenvalue weighted by Crippen LogP contribution is 2.21. The van der Waals surface area contributed by atoms with Gasteiger partial charge < -0.3 is 10.3 Å². The topological polar surface area (TPSA) is 79.4 Å². The molecule has 0 aliphatic carbocycles. The molecular weight excluding hydrogens is 252 g/mol. The molecule has 6 nitrogen and oxygen atoms in total. The van der Waals surface area contributed by atoms with Crippen LogP contribution in [0, 0.1) is 0 Å². The Morgan fingerprint density at radius 3 is 3.06 bits per heavy atom. The lowest BCUT2D eigenvalue weighted by molar-refractivity contribution is 0.997. The van der Waals surface area contributed by atoms with Gasteiger partial charge in [0.05, 0.1) is 23.8 Å². The van der Waals surface area contributed by atoms with Crippen molar-refractivity contribution in [1.82, 2.24) is 24.9 Å². The number of aromatic nitrogens is 5. The van der Waals surface area contributed by atoms with Gasteiger partial charge in [-0.25, -0.2) is 4.98 Å². The van der Waals surface area contributed by atoms with Crippen LogP contribution < -0.4 is 5.32 Å². The molecule has 3 rings (SSSR count). The first-order chi connectivity index (χ1) is 8.83. The summed E-state index contributed by atoms with van der Waals surface area (Å²) in [5, 5.41) is 4.27. The van der Waals surface area contributed by atoms with Gasteiger partial charge in [-0.3, -0.25) is 9.97 Å². The van der Waals surface area contributed by atoms with E-state index >= 15 is 0 Å². The molecular formula is C11H9ClN6. The zero-order valence-corrected chi connectivity index (χ0v) is 10.0. The van der Waals surface area contributed by atoms with Gasteiger partial charge in [0.1, 0.15) is 11.5 Å². The molecule has 0 bridgehead atoms. The number of hydrogen-bond donors (Lipinski definition) is 2. The fourth-order valence-corrected chi connectivity index (χ4v) is 1.81. The van der Waals surface area contributed by atoms with Gasteiger partial charge in [-0.1, -0.05) is 0 Å². The van der Waals surface area contributed by atoms with E-state index in [2.05, 4.69) is 30.2 Å². The molecule has 0 atom stereocenters. The second-order valence-corrected chi connectivity index (χ2v) is 3.97. The molecule has 7 heteroatoms. The van der Waals surface area contributed by atoms with Gasteiger partial charge in [-0.15, -0.1) is 0 Å². The maximum Gasteiger partial charge on any atom is 0.226 e. The zero-order valence-electron chi connectivity index (χ0n) is 9.26. The molecule has 0 spiro atoms. The predicted octanol–water partition coefficient (Wildman–Crippen LogP) is 2.01. The van der Waals surface area contributed by atoms with Crippen molar-refractivity contribution < 1.29 is 0 Å². The van der Waals surface area contributed by atoms with E-state index in [-0.39, 0.29) is 5.28 Å². The molecule has 18 heavy (non-hydrogen) atoms. The summed E-state index contributed by atoms with van der Waals surface area (Å²) in [4.78, 5) is 19.4. The van der Waals surface area contributed by atoms with Crippen LogP contribution in [0.3, 0.4) is 0 Å². The van der Waals surface area contributed by atoms with Crippen LogP contribution in [0.15, 0.2) is 30.9 Å². The van der Waals surface area contributed by atoms with Gasteiger partial charge in [0, 0.05) is 18.6 Å². The molecule has 3 aromatic heterocycles. The third kappa shape index (κ3) is 2.10. The molecule has 0 radical (unpaired) electrons. The highest BCUT2D eigenvalue weighted by Gasteiger charge is 2.07. The summed E-state index contributed by atoms with van der Waals surface area (Å²) < 4.78 is 0. The summed E-state index contributed by atoms with van der Waals surface area (Å²) in [5.74, 6) is 0.678. The minimum absolute atomic E-state index is 0.201. The highest BCUT2D eigenvalue weighted by molar-refractivity contribution is 6.28. The second-order valence-electron chi connectivity index (χ2n) is 3.63. The van der Waals surface area contributed by atoms with Crippen molar-refractivity contribution in [3.63, 3.8) is 0 Å². The number of aromatic amines is 1. The molecule has 3 heterocycles. The van der Waals surface area contributed by atoms with E-state index in [0.29, 0.717) is 18.0 Å². The van der Waals surface area contributed by atoms with Crippen LogP contribution >= 0.6 is 11.6 Å². The van der Waals surface area contributed by atoms with Crippen LogP contribution in [0.4, 0.5) is 5.82 Å². The van der Waals surface area contributed by atoms with Crippen molar-refractivity contribution >= 4 is 28.5 Å². The molecule has 0 aliphatic rings. The van der Waals surface area contributed by atoms with Gasteiger partial charge in [-0.05, 0) is 17.7 Å². The number of halogens is 1. The first kappa shape index (κ1) is 10.9. The second kappa shape index (κ2) is 4.58. The fraction of sp³-hybridized carbons (Fsp3) is 0.0909. The van der Waals surface area contributed by atoms with Gasteiger partial charge in [0.15, 0.2) is 0 Å². The van der Waals surface area contributed by atoms with Gasteiger partial charge in [-0.2, -0.15) is 4.98 Å². The molecule has 0 aliphatic heterocycles. The minimum atomic E-state index is 0.201. The maximum absolute atomic E-state index is 5.85. The Balaban J connectivity index is 1.88. The molecule has 0 unspecified atom stereocenters. The van der Waals surface area contributed by atoms with Crippen molar-refractivity contribution in [1.29, 1.82) is 0 Å². The predicted molar refractivity (Wildman–Crippen MR) is 68.3 cm³/mol. The molecule has 0 amide bonds. The Kier molecular flexibility index (Phi) is 2.77.